The molecule has 0 saturated heterocycles. The summed E-state index contributed by atoms with van der Waals surface area (Å²) in [5, 5.41) is 4.10. The van der Waals surface area contributed by atoms with Crippen LogP contribution >= 0.6 is 11.6 Å². The van der Waals surface area contributed by atoms with E-state index in [0.29, 0.717) is 18.2 Å². The van der Waals surface area contributed by atoms with Crippen molar-refractivity contribution in [3.8, 4) is 5.75 Å². The van der Waals surface area contributed by atoms with Gasteiger partial charge in [0.25, 0.3) is 0 Å². The lowest BCUT2D eigenvalue weighted by atomic mass is 10.1. The van der Waals surface area contributed by atoms with Gasteiger partial charge in [0.1, 0.15) is 18.2 Å². The number of benzene rings is 3. The minimum absolute atomic E-state index is 0.251. The fourth-order valence-corrected chi connectivity index (χ4v) is 2.65. The van der Waals surface area contributed by atoms with Gasteiger partial charge in [0.05, 0.1) is 0 Å². The molecule has 0 aliphatic heterocycles. The lowest BCUT2D eigenvalue weighted by Crippen LogP contribution is -2.01. The molecule has 0 saturated carbocycles. The summed E-state index contributed by atoms with van der Waals surface area (Å²) < 4.78 is 18.8. The maximum Gasteiger partial charge on any atom is 0.123 e. The first-order valence-corrected chi connectivity index (χ1v) is 8.44. The number of aryl methyl sites for hydroxylation is 1. The van der Waals surface area contributed by atoms with Gasteiger partial charge in [-0.25, -0.2) is 4.39 Å². The second-order valence-electron chi connectivity index (χ2n) is 5.88. The van der Waals surface area contributed by atoms with E-state index in [0.717, 1.165) is 28.1 Å². The lowest BCUT2D eigenvalue weighted by molar-refractivity contribution is 0.305. The molecular weight excluding hydrogens is 337 g/mol. The molecule has 0 bridgehead atoms. The Kier molecular flexibility index (Phi) is 5.56. The van der Waals surface area contributed by atoms with E-state index in [1.54, 1.807) is 6.07 Å². The fourth-order valence-electron chi connectivity index (χ4n) is 2.48. The Labute approximate surface area is 152 Å². The SMILES string of the molecule is Cc1ccc(Cl)cc1NCc1ccc(OCc2cccc(F)c2)cc1. The van der Waals surface area contributed by atoms with Crippen LogP contribution in [0.3, 0.4) is 0 Å². The van der Waals surface area contributed by atoms with Crippen molar-refractivity contribution in [3.05, 3.63) is 94.3 Å². The molecule has 128 valence electrons. The van der Waals surface area contributed by atoms with Crippen LogP contribution in [0.25, 0.3) is 0 Å². The summed E-state index contributed by atoms with van der Waals surface area (Å²) in [5.74, 6) is 0.505. The van der Waals surface area contributed by atoms with Crippen molar-refractivity contribution < 1.29 is 9.13 Å². The zero-order chi connectivity index (χ0) is 17.6. The van der Waals surface area contributed by atoms with Crippen LogP contribution < -0.4 is 10.1 Å². The highest BCUT2D eigenvalue weighted by atomic mass is 35.5. The van der Waals surface area contributed by atoms with Gasteiger partial charge < -0.3 is 10.1 Å². The predicted molar refractivity (Wildman–Crippen MR) is 101 cm³/mol. The Morgan fingerprint density at radius 1 is 0.960 bits per heavy atom. The molecule has 0 heterocycles. The standard InChI is InChI=1S/C21H19ClFNO/c1-15-5-8-18(22)12-21(15)24-13-16-6-9-20(10-7-16)25-14-17-3-2-4-19(23)11-17/h2-12,24H,13-14H2,1H3. The summed E-state index contributed by atoms with van der Waals surface area (Å²) in [7, 11) is 0. The quantitative estimate of drug-likeness (QED) is 0.587. The Hall–Kier alpha value is -2.52. The highest BCUT2D eigenvalue weighted by molar-refractivity contribution is 6.30. The van der Waals surface area contributed by atoms with E-state index in [1.807, 2.05) is 55.5 Å². The largest absolute Gasteiger partial charge is 0.489 e. The normalized spacial score (nSPS) is 10.5. The van der Waals surface area contributed by atoms with Gasteiger partial charge in [0.15, 0.2) is 0 Å². The smallest absolute Gasteiger partial charge is 0.123 e. The number of nitrogens with one attached hydrogen (secondary N) is 1. The third-order valence-electron chi connectivity index (χ3n) is 3.90. The Morgan fingerprint density at radius 3 is 2.52 bits per heavy atom. The molecule has 0 unspecified atom stereocenters. The van der Waals surface area contributed by atoms with E-state index < -0.39 is 0 Å². The van der Waals surface area contributed by atoms with E-state index in [1.165, 1.54) is 12.1 Å². The first kappa shape index (κ1) is 17.3. The molecule has 0 aliphatic carbocycles. The number of hydrogen-bond acceptors (Lipinski definition) is 2. The van der Waals surface area contributed by atoms with E-state index in [-0.39, 0.29) is 5.82 Å². The summed E-state index contributed by atoms with van der Waals surface area (Å²) >= 11 is 6.03. The van der Waals surface area contributed by atoms with Crippen LogP contribution in [0, 0.1) is 12.7 Å². The van der Waals surface area contributed by atoms with Crippen molar-refractivity contribution in [3.63, 3.8) is 0 Å². The average molecular weight is 356 g/mol. The van der Waals surface area contributed by atoms with Gasteiger partial charge in [-0.15, -0.1) is 0 Å². The molecule has 0 atom stereocenters. The zero-order valence-corrected chi connectivity index (χ0v) is 14.7. The van der Waals surface area contributed by atoms with Crippen LogP contribution in [0.2, 0.25) is 5.02 Å². The molecule has 3 rings (SSSR count). The van der Waals surface area contributed by atoms with Crippen LogP contribution in [0.1, 0.15) is 16.7 Å². The molecule has 2 nitrogen and oxygen atoms in total. The summed E-state index contributed by atoms with van der Waals surface area (Å²) in [6.45, 7) is 3.09. The molecule has 25 heavy (non-hydrogen) atoms. The van der Waals surface area contributed by atoms with E-state index in [4.69, 9.17) is 16.3 Å². The van der Waals surface area contributed by atoms with Crippen molar-refractivity contribution in [2.24, 2.45) is 0 Å². The molecule has 0 spiro atoms. The van der Waals surface area contributed by atoms with Crippen molar-refractivity contribution in [2.45, 2.75) is 20.1 Å². The first-order valence-electron chi connectivity index (χ1n) is 8.06. The van der Waals surface area contributed by atoms with Gasteiger partial charge >= 0.3 is 0 Å². The van der Waals surface area contributed by atoms with Gasteiger partial charge in [-0.1, -0.05) is 41.9 Å². The summed E-state index contributed by atoms with van der Waals surface area (Å²) in [6.07, 6.45) is 0. The van der Waals surface area contributed by atoms with Gasteiger partial charge in [0.2, 0.25) is 0 Å². The van der Waals surface area contributed by atoms with Crippen LogP contribution in [-0.4, -0.2) is 0 Å². The van der Waals surface area contributed by atoms with Gasteiger partial charge in [-0.3, -0.25) is 0 Å². The third kappa shape index (κ3) is 4.97. The maximum atomic E-state index is 13.2. The van der Waals surface area contributed by atoms with Crippen LogP contribution in [-0.2, 0) is 13.2 Å². The highest BCUT2D eigenvalue weighted by Crippen LogP contribution is 2.21. The van der Waals surface area contributed by atoms with Crippen LogP contribution in [0.4, 0.5) is 10.1 Å². The Bertz CT molecular complexity index is 849. The van der Waals surface area contributed by atoms with E-state index in [9.17, 15) is 4.39 Å². The number of rotatable bonds is 6. The molecule has 3 aromatic carbocycles. The average Bonchev–Trinajstić information content (AvgIpc) is 2.62. The molecule has 0 aliphatic rings. The second-order valence-corrected chi connectivity index (χ2v) is 6.31. The van der Waals surface area contributed by atoms with E-state index >= 15 is 0 Å². The minimum Gasteiger partial charge on any atom is -0.489 e. The van der Waals surface area contributed by atoms with Crippen molar-refractivity contribution in [1.82, 2.24) is 0 Å². The molecule has 4 heteroatoms. The Balaban J connectivity index is 1.56. The molecule has 1 N–H and O–H groups in total. The predicted octanol–water partition coefficient (Wildman–Crippen LogP) is 5.98. The summed E-state index contributed by atoms with van der Waals surface area (Å²) in [5.41, 5.74) is 4.12. The van der Waals surface area contributed by atoms with Crippen molar-refractivity contribution in [2.75, 3.05) is 5.32 Å². The molecular formula is C21H19ClFNO. The minimum atomic E-state index is -0.251. The van der Waals surface area contributed by atoms with Crippen molar-refractivity contribution in [1.29, 1.82) is 0 Å². The Morgan fingerprint density at radius 2 is 1.76 bits per heavy atom. The monoisotopic (exact) mass is 355 g/mol. The topological polar surface area (TPSA) is 21.3 Å². The number of hydrogen-bond donors (Lipinski definition) is 1. The van der Waals surface area contributed by atoms with Gasteiger partial charge in [-0.05, 0) is 60.0 Å². The second kappa shape index (κ2) is 8.04. The maximum absolute atomic E-state index is 13.2. The first-order chi connectivity index (χ1) is 12.1. The molecule has 0 radical (unpaired) electrons. The summed E-state index contributed by atoms with van der Waals surface area (Å²) in [6, 6.07) is 20.1. The van der Waals surface area contributed by atoms with Gasteiger partial charge in [0, 0.05) is 17.3 Å². The van der Waals surface area contributed by atoms with Gasteiger partial charge in [-0.2, -0.15) is 0 Å². The summed E-state index contributed by atoms with van der Waals surface area (Å²) in [4.78, 5) is 0. The van der Waals surface area contributed by atoms with Crippen LogP contribution in [0.15, 0.2) is 66.7 Å². The molecule has 0 amide bonds. The lowest BCUT2D eigenvalue weighted by Gasteiger charge is -2.11. The number of halogens is 2. The fraction of sp³-hybridized carbons (Fsp3) is 0.143. The zero-order valence-electron chi connectivity index (χ0n) is 13.9. The van der Waals surface area contributed by atoms with E-state index in [2.05, 4.69) is 5.32 Å². The number of anilines is 1. The third-order valence-corrected chi connectivity index (χ3v) is 4.14. The van der Waals surface area contributed by atoms with Crippen molar-refractivity contribution >= 4 is 17.3 Å². The highest BCUT2D eigenvalue weighted by Gasteiger charge is 2.01. The molecule has 0 aromatic heterocycles. The number of ether oxygens (including phenoxy) is 1. The van der Waals surface area contributed by atoms with Crippen LogP contribution in [0.5, 0.6) is 5.75 Å². The molecule has 3 aromatic rings. The molecule has 0 fully saturated rings.